The van der Waals surface area contributed by atoms with Gasteiger partial charge in [-0.3, -0.25) is 0 Å². The van der Waals surface area contributed by atoms with Crippen molar-refractivity contribution in [2.24, 2.45) is 0 Å². The molecule has 0 spiro atoms. The van der Waals surface area contributed by atoms with Crippen molar-refractivity contribution in [3.05, 3.63) is 60.2 Å². The molecule has 2 rings (SSSR count). The van der Waals surface area contributed by atoms with Gasteiger partial charge in [0.1, 0.15) is 0 Å². The van der Waals surface area contributed by atoms with E-state index in [4.69, 9.17) is 0 Å². The standard InChI is InChI=1S/C20H26N2O/c1-15(2)22(4)20(23)21-14-16(3)17-10-12-19(13-11-17)18-8-6-5-7-9-18/h5-13,15-16H,14H2,1-4H3,(H,21,23). The van der Waals surface area contributed by atoms with Gasteiger partial charge in [-0.15, -0.1) is 0 Å². The third-order valence-corrected chi connectivity index (χ3v) is 4.24. The average Bonchev–Trinajstić information content (AvgIpc) is 2.59. The minimum atomic E-state index is -0.0206. The second-order valence-electron chi connectivity index (χ2n) is 6.28. The Hall–Kier alpha value is -2.29. The Bertz CT molecular complexity index is 620. The maximum absolute atomic E-state index is 12.0. The lowest BCUT2D eigenvalue weighted by Gasteiger charge is -2.23. The zero-order valence-corrected chi connectivity index (χ0v) is 14.4. The number of nitrogens with one attached hydrogen (secondary N) is 1. The van der Waals surface area contributed by atoms with Crippen molar-refractivity contribution in [1.82, 2.24) is 10.2 Å². The number of carbonyl (C=O) groups excluding carboxylic acids is 1. The summed E-state index contributed by atoms with van der Waals surface area (Å²) < 4.78 is 0. The van der Waals surface area contributed by atoms with Gasteiger partial charge in [0.2, 0.25) is 0 Å². The molecule has 0 fully saturated rings. The molecule has 0 radical (unpaired) electrons. The first-order chi connectivity index (χ1) is 11.0. The highest BCUT2D eigenvalue weighted by molar-refractivity contribution is 5.74. The number of benzene rings is 2. The van der Waals surface area contributed by atoms with Crippen molar-refractivity contribution in [3.63, 3.8) is 0 Å². The van der Waals surface area contributed by atoms with Gasteiger partial charge < -0.3 is 10.2 Å². The maximum atomic E-state index is 12.0. The van der Waals surface area contributed by atoms with Gasteiger partial charge in [0.25, 0.3) is 0 Å². The second kappa shape index (κ2) is 7.82. The Morgan fingerprint density at radius 2 is 1.52 bits per heavy atom. The highest BCUT2D eigenvalue weighted by Gasteiger charge is 2.13. The van der Waals surface area contributed by atoms with E-state index in [0.29, 0.717) is 6.54 Å². The van der Waals surface area contributed by atoms with Gasteiger partial charge in [-0.05, 0) is 36.5 Å². The first-order valence-corrected chi connectivity index (χ1v) is 8.15. The molecule has 3 heteroatoms. The number of urea groups is 1. The van der Waals surface area contributed by atoms with Crippen molar-refractivity contribution >= 4 is 6.03 Å². The van der Waals surface area contributed by atoms with Crippen molar-refractivity contribution < 1.29 is 4.79 Å². The molecular weight excluding hydrogens is 284 g/mol. The van der Waals surface area contributed by atoms with Crippen LogP contribution in [0.25, 0.3) is 11.1 Å². The molecule has 0 aliphatic rings. The van der Waals surface area contributed by atoms with Gasteiger partial charge in [-0.25, -0.2) is 4.79 Å². The van der Waals surface area contributed by atoms with E-state index in [1.54, 1.807) is 4.90 Å². The van der Waals surface area contributed by atoms with E-state index in [1.165, 1.54) is 16.7 Å². The molecule has 0 saturated carbocycles. The maximum Gasteiger partial charge on any atom is 0.317 e. The zero-order chi connectivity index (χ0) is 16.8. The molecule has 2 aromatic carbocycles. The Balaban J connectivity index is 1.95. The first kappa shape index (κ1) is 17.1. The van der Waals surface area contributed by atoms with Crippen LogP contribution in [0.5, 0.6) is 0 Å². The first-order valence-electron chi connectivity index (χ1n) is 8.15. The molecular formula is C20H26N2O. The molecule has 0 aliphatic heterocycles. The molecule has 0 bridgehead atoms. The largest absolute Gasteiger partial charge is 0.337 e. The monoisotopic (exact) mass is 310 g/mol. The van der Waals surface area contributed by atoms with E-state index >= 15 is 0 Å². The van der Waals surface area contributed by atoms with Crippen LogP contribution in [-0.2, 0) is 0 Å². The average molecular weight is 310 g/mol. The SMILES string of the molecule is CC(CNC(=O)N(C)C(C)C)c1ccc(-c2ccccc2)cc1. The van der Waals surface area contributed by atoms with Gasteiger partial charge in [-0.1, -0.05) is 61.5 Å². The van der Waals surface area contributed by atoms with Gasteiger partial charge in [0.15, 0.2) is 0 Å². The van der Waals surface area contributed by atoms with Crippen LogP contribution in [0.15, 0.2) is 54.6 Å². The number of hydrogen-bond acceptors (Lipinski definition) is 1. The van der Waals surface area contributed by atoms with E-state index in [-0.39, 0.29) is 18.0 Å². The summed E-state index contributed by atoms with van der Waals surface area (Å²) in [6, 6.07) is 19.1. The van der Waals surface area contributed by atoms with E-state index in [0.717, 1.165) is 0 Å². The Morgan fingerprint density at radius 3 is 2.09 bits per heavy atom. The lowest BCUT2D eigenvalue weighted by Crippen LogP contribution is -2.42. The lowest BCUT2D eigenvalue weighted by atomic mass is 9.97. The quantitative estimate of drug-likeness (QED) is 0.866. The minimum absolute atomic E-state index is 0.0206. The van der Waals surface area contributed by atoms with Gasteiger partial charge in [-0.2, -0.15) is 0 Å². The third-order valence-electron chi connectivity index (χ3n) is 4.24. The number of rotatable bonds is 5. The summed E-state index contributed by atoms with van der Waals surface area (Å²) in [5.74, 6) is 0.282. The van der Waals surface area contributed by atoms with Crippen LogP contribution in [0, 0.1) is 0 Å². The fraction of sp³-hybridized carbons (Fsp3) is 0.350. The number of hydrogen-bond donors (Lipinski definition) is 1. The summed E-state index contributed by atoms with van der Waals surface area (Å²) in [6.45, 7) is 6.78. The predicted molar refractivity (Wildman–Crippen MR) is 96.6 cm³/mol. The zero-order valence-electron chi connectivity index (χ0n) is 14.4. The van der Waals surface area contributed by atoms with E-state index in [9.17, 15) is 4.79 Å². The third kappa shape index (κ3) is 4.59. The summed E-state index contributed by atoms with van der Waals surface area (Å²) in [5.41, 5.74) is 3.67. The molecule has 0 aliphatic carbocycles. The Labute approximate surface area is 139 Å². The van der Waals surface area contributed by atoms with Crippen LogP contribution < -0.4 is 5.32 Å². The number of carbonyl (C=O) groups is 1. The van der Waals surface area contributed by atoms with Crippen molar-refractivity contribution in [3.8, 4) is 11.1 Å². The summed E-state index contributed by atoms with van der Waals surface area (Å²) in [6.07, 6.45) is 0. The van der Waals surface area contributed by atoms with E-state index in [2.05, 4.69) is 48.6 Å². The smallest absolute Gasteiger partial charge is 0.317 e. The summed E-state index contributed by atoms with van der Waals surface area (Å²) in [4.78, 5) is 13.7. The normalized spacial score (nSPS) is 12.0. The van der Waals surface area contributed by atoms with E-state index < -0.39 is 0 Å². The van der Waals surface area contributed by atoms with Gasteiger partial charge >= 0.3 is 6.03 Å². The molecule has 23 heavy (non-hydrogen) atoms. The summed E-state index contributed by atoms with van der Waals surface area (Å²) in [5, 5.41) is 3.00. The lowest BCUT2D eigenvalue weighted by molar-refractivity contribution is 0.197. The van der Waals surface area contributed by atoms with Gasteiger partial charge in [0, 0.05) is 19.6 Å². The van der Waals surface area contributed by atoms with Crippen molar-refractivity contribution in [2.75, 3.05) is 13.6 Å². The van der Waals surface area contributed by atoms with Crippen LogP contribution in [0.2, 0.25) is 0 Å². The molecule has 0 saturated heterocycles. The second-order valence-corrected chi connectivity index (χ2v) is 6.28. The minimum Gasteiger partial charge on any atom is -0.337 e. The molecule has 0 aromatic heterocycles. The van der Waals surface area contributed by atoms with Gasteiger partial charge in [0.05, 0.1) is 0 Å². The highest BCUT2D eigenvalue weighted by Crippen LogP contribution is 2.22. The Morgan fingerprint density at radius 1 is 0.957 bits per heavy atom. The molecule has 2 aromatic rings. The number of amides is 2. The molecule has 1 atom stereocenters. The van der Waals surface area contributed by atoms with Crippen LogP contribution in [0.3, 0.4) is 0 Å². The van der Waals surface area contributed by atoms with Crippen molar-refractivity contribution in [2.45, 2.75) is 32.7 Å². The van der Waals surface area contributed by atoms with Crippen LogP contribution >= 0.6 is 0 Å². The molecule has 1 unspecified atom stereocenters. The Kier molecular flexibility index (Phi) is 5.80. The van der Waals surface area contributed by atoms with Crippen LogP contribution in [0.1, 0.15) is 32.3 Å². The van der Waals surface area contributed by atoms with E-state index in [1.807, 2.05) is 39.1 Å². The summed E-state index contributed by atoms with van der Waals surface area (Å²) >= 11 is 0. The predicted octanol–water partition coefficient (Wildman–Crippen LogP) is 4.51. The number of nitrogens with zero attached hydrogens (tertiary/aromatic N) is 1. The molecule has 122 valence electrons. The summed E-state index contributed by atoms with van der Waals surface area (Å²) in [7, 11) is 1.82. The molecule has 0 heterocycles. The fourth-order valence-electron chi connectivity index (χ4n) is 2.35. The molecule has 3 nitrogen and oxygen atoms in total. The van der Waals surface area contributed by atoms with Crippen LogP contribution in [-0.4, -0.2) is 30.6 Å². The topological polar surface area (TPSA) is 32.3 Å². The fourth-order valence-corrected chi connectivity index (χ4v) is 2.35. The molecule has 2 amide bonds. The molecule has 1 N–H and O–H groups in total. The van der Waals surface area contributed by atoms with Crippen molar-refractivity contribution in [1.29, 1.82) is 0 Å². The van der Waals surface area contributed by atoms with Crippen LogP contribution in [0.4, 0.5) is 4.79 Å². The highest BCUT2D eigenvalue weighted by atomic mass is 16.2.